The smallest absolute Gasteiger partial charge is 0.254 e. The van der Waals surface area contributed by atoms with Crippen molar-refractivity contribution >= 4 is 17.5 Å². The van der Waals surface area contributed by atoms with Crippen LogP contribution in [-0.2, 0) is 4.74 Å². The van der Waals surface area contributed by atoms with E-state index >= 15 is 0 Å². The summed E-state index contributed by atoms with van der Waals surface area (Å²) < 4.78 is 4.98. The molecule has 0 fully saturated rings. The van der Waals surface area contributed by atoms with Gasteiger partial charge in [-0.15, -0.1) is 11.6 Å². The van der Waals surface area contributed by atoms with Crippen molar-refractivity contribution < 1.29 is 9.53 Å². The molecule has 1 amide bonds. The Hall–Kier alpha value is -1.06. The minimum atomic E-state index is -0.190. The number of alkyl halides is 1. The number of hydrogen-bond donors (Lipinski definition) is 0. The fourth-order valence-corrected chi connectivity index (χ4v) is 2.65. The van der Waals surface area contributed by atoms with Crippen LogP contribution in [-0.4, -0.2) is 43.5 Å². The molecule has 1 aromatic rings. The van der Waals surface area contributed by atoms with Gasteiger partial charge >= 0.3 is 0 Å². The van der Waals surface area contributed by atoms with Crippen LogP contribution in [0.3, 0.4) is 0 Å². The summed E-state index contributed by atoms with van der Waals surface area (Å²) in [6.45, 7) is 6.88. The maximum atomic E-state index is 12.5. The molecular weight excluding hydrogens is 262 g/mol. The number of carbonyl (C=O) groups is 1. The molecule has 0 spiro atoms. The van der Waals surface area contributed by atoms with Gasteiger partial charge in [-0.3, -0.25) is 4.79 Å². The van der Waals surface area contributed by atoms with Gasteiger partial charge in [-0.25, -0.2) is 0 Å². The minimum absolute atomic E-state index is 0.0109. The molecule has 1 aromatic carbocycles. The Morgan fingerprint density at radius 1 is 1.32 bits per heavy atom. The van der Waals surface area contributed by atoms with Crippen molar-refractivity contribution in [3.8, 4) is 0 Å². The van der Waals surface area contributed by atoms with Crippen LogP contribution >= 0.6 is 11.6 Å². The summed E-state index contributed by atoms with van der Waals surface area (Å²) in [6, 6.07) is 4.06. The highest BCUT2D eigenvalue weighted by Gasteiger charge is 2.19. The summed E-state index contributed by atoms with van der Waals surface area (Å²) in [6.07, 6.45) is 0. The first-order chi connectivity index (χ1) is 8.86. The molecule has 3 nitrogen and oxygen atoms in total. The van der Waals surface area contributed by atoms with Crippen molar-refractivity contribution in [2.45, 2.75) is 26.1 Å². The third-order valence-corrected chi connectivity index (χ3v) is 3.32. The molecule has 0 N–H and O–H groups in total. The van der Waals surface area contributed by atoms with E-state index < -0.39 is 0 Å². The molecule has 1 rings (SSSR count). The second-order valence-corrected chi connectivity index (χ2v) is 5.63. The van der Waals surface area contributed by atoms with Gasteiger partial charge in [0.05, 0.1) is 12.0 Å². The predicted molar refractivity (Wildman–Crippen MR) is 79.1 cm³/mol. The molecule has 1 atom stereocenters. The normalized spacial score (nSPS) is 12.3. The molecule has 106 valence electrons. The van der Waals surface area contributed by atoms with Crippen LogP contribution in [0.5, 0.6) is 0 Å². The summed E-state index contributed by atoms with van der Waals surface area (Å²) in [4.78, 5) is 14.1. The third-order valence-electron chi connectivity index (χ3n) is 3.06. The zero-order valence-electron chi connectivity index (χ0n) is 12.3. The van der Waals surface area contributed by atoms with Gasteiger partial charge in [0.15, 0.2) is 0 Å². The van der Waals surface area contributed by atoms with Gasteiger partial charge in [-0.05, 0) is 31.9 Å². The molecule has 0 aliphatic heterocycles. The molecule has 0 heterocycles. The van der Waals surface area contributed by atoms with Crippen molar-refractivity contribution in [3.63, 3.8) is 0 Å². The van der Waals surface area contributed by atoms with Crippen molar-refractivity contribution in [1.29, 1.82) is 0 Å². The minimum Gasteiger partial charge on any atom is -0.383 e. The molecule has 0 saturated carbocycles. The standard InChI is InChI=1S/C15H22ClNO2/c1-10-6-11(2)14(12(3)7-10)15(18)17(4)8-13(16)9-19-5/h6-7,13H,8-9H2,1-5H3. The van der Waals surface area contributed by atoms with Crippen molar-refractivity contribution in [3.05, 3.63) is 34.4 Å². The number of rotatable bonds is 5. The van der Waals surface area contributed by atoms with Gasteiger partial charge in [-0.2, -0.15) is 0 Å². The molecule has 4 heteroatoms. The number of hydrogen-bond acceptors (Lipinski definition) is 2. The molecule has 0 aliphatic carbocycles. The van der Waals surface area contributed by atoms with Gasteiger partial charge in [0.25, 0.3) is 5.91 Å². The van der Waals surface area contributed by atoms with E-state index in [0.717, 1.165) is 16.7 Å². The number of amides is 1. The first kappa shape index (κ1) is 16.0. The van der Waals surface area contributed by atoms with Gasteiger partial charge in [0, 0.05) is 26.3 Å². The molecule has 0 aromatic heterocycles. The molecule has 1 unspecified atom stereocenters. The monoisotopic (exact) mass is 283 g/mol. The van der Waals surface area contributed by atoms with E-state index in [4.69, 9.17) is 16.3 Å². The summed E-state index contributed by atoms with van der Waals surface area (Å²) in [5.41, 5.74) is 3.96. The van der Waals surface area contributed by atoms with Crippen LogP contribution in [0.4, 0.5) is 0 Å². The largest absolute Gasteiger partial charge is 0.383 e. The Bertz CT molecular complexity index is 436. The molecule has 0 radical (unpaired) electrons. The summed E-state index contributed by atoms with van der Waals surface area (Å²) >= 11 is 6.09. The zero-order valence-corrected chi connectivity index (χ0v) is 13.0. The maximum Gasteiger partial charge on any atom is 0.254 e. The van der Waals surface area contributed by atoms with E-state index in [9.17, 15) is 4.79 Å². The highest BCUT2D eigenvalue weighted by Crippen LogP contribution is 2.18. The van der Waals surface area contributed by atoms with Crippen LogP contribution in [0.2, 0.25) is 0 Å². The lowest BCUT2D eigenvalue weighted by molar-refractivity contribution is 0.0780. The predicted octanol–water partition coefficient (Wildman–Crippen LogP) is 2.94. The molecule has 0 bridgehead atoms. The van der Waals surface area contributed by atoms with Crippen molar-refractivity contribution in [2.75, 3.05) is 27.3 Å². The number of carbonyl (C=O) groups excluding carboxylic acids is 1. The average Bonchev–Trinajstić information content (AvgIpc) is 2.27. The lowest BCUT2D eigenvalue weighted by Gasteiger charge is -2.22. The molecule has 0 aliphatic rings. The number of halogens is 1. The quantitative estimate of drug-likeness (QED) is 0.778. The molecule has 19 heavy (non-hydrogen) atoms. The SMILES string of the molecule is COCC(Cl)CN(C)C(=O)c1c(C)cc(C)cc1C. The first-order valence-electron chi connectivity index (χ1n) is 6.33. The highest BCUT2D eigenvalue weighted by atomic mass is 35.5. The second kappa shape index (κ2) is 6.92. The molecular formula is C15H22ClNO2. The maximum absolute atomic E-state index is 12.5. The Morgan fingerprint density at radius 3 is 2.32 bits per heavy atom. The fourth-order valence-electron chi connectivity index (χ4n) is 2.32. The Kier molecular flexibility index (Phi) is 5.83. The zero-order chi connectivity index (χ0) is 14.6. The van der Waals surface area contributed by atoms with E-state index in [2.05, 4.69) is 0 Å². The fraction of sp³-hybridized carbons (Fsp3) is 0.533. The number of nitrogens with zero attached hydrogens (tertiary/aromatic N) is 1. The lowest BCUT2D eigenvalue weighted by atomic mass is 9.99. The van der Waals surface area contributed by atoms with Crippen LogP contribution in [0.15, 0.2) is 12.1 Å². The summed E-state index contributed by atoms with van der Waals surface area (Å²) in [5, 5.41) is -0.190. The van der Waals surface area contributed by atoms with Crippen LogP contribution in [0.25, 0.3) is 0 Å². The number of aryl methyl sites for hydroxylation is 3. The average molecular weight is 284 g/mol. The van der Waals surface area contributed by atoms with E-state index in [1.165, 1.54) is 5.56 Å². The summed E-state index contributed by atoms with van der Waals surface area (Å²) in [5.74, 6) is 0.0109. The molecule has 0 saturated heterocycles. The van der Waals surface area contributed by atoms with Gasteiger partial charge in [0.2, 0.25) is 0 Å². The third kappa shape index (κ3) is 4.22. The van der Waals surface area contributed by atoms with E-state index in [0.29, 0.717) is 13.2 Å². The van der Waals surface area contributed by atoms with Gasteiger partial charge in [-0.1, -0.05) is 17.7 Å². The van der Waals surface area contributed by atoms with Gasteiger partial charge in [0.1, 0.15) is 0 Å². The highest BCUT2D eigenvalue weighted by molar-refractivity contribution is 6.21. The summed E-state index contributed by atoms with van der Waals surface area (Å²) in [7, 11) is 3.37. The van der Waals surface area contributed by atoms with Crippen molar-refractivity contribution in [2.24, 2.45) is 0 Å². The topological polar surface area (TPSA) is 29.5 Å². The Morgan fingerprint density at radius 2 is 1.84 bits per heavy atom. The first-order valence-corrected chi connectivity index (χ1v) is 6.76. The Labute approximate surface area is 120 Å². The van der Waals surface area contributed by atoms with Crippen molar-refractivity contribution in [1.82, 2.24) is 4.90 Å². The Balaban J connectivity index is 2.88. The van der Waals surface area contributed by atoms with Crippen LogP contribution in [0.1, 0.15) is 27.0 Å². The van der Waals surface area contributed by atoms with Crippen LogP contribution < -0.4 is 0 Å². The number of benzene rings is 1. The van der Waals surface area contributed by atoms with E-state index in [1.54, 1.807) is 19.1 Å². The lowest BCUT2D eigenvalue weighted by Crippen LogP contribution is -2.34. The number of ether oxygens (including phenoxy) is 1. The van der Waals surface area contributed by atoms with E-state index in [1.807, 2.05) is 32.9 Å². The van der Waals surface area contributed by atoms with Crippen LogP contribution in [0, 0.1) is 20.8 Å². The second-order valence-electron chi connectivity index (χ2n) is 5.01. The number of methoxy groups -OCH3 is 1. The van der Waals surface area contributed by atoms with Gasteiger partial charge < -0.3 is 9.64 Å². The van der Waals surface area contributed by atoms with E-state index in [-0.39, 0.29) is 11.3 Å².